The highest BCUT2D eigenvalue weighted by molar-refractivity contribution is 5.74. The van der Waals surface area contributed by atoms with Crippen LogP contribution in [0.4, 0.5) is 4.79 Å². The number of aliphatic carboxylic acids is 1. The zero-order valence-electron chi connectivity index (χ0n) is 11.3. The Kier molecular flexibility index (Phi) is 5.99. The van der Waals surface area contributed by atoms with E-state index >= 15 is 0 Å². The van der Waals surface area contributed by atoms with Crippen LogP contribution in [-0.2, 0) is 9.53 Å². The molecule has 100 valence electrons. The molecule has 0 aromatic heterocycles. The number of carbonyl (C=O) groups excluding carboxylic acids is 1. The molecule has 1 amide bonds. The van der Waals surface area contributed by atoms with Gasteiger partial charge in [0, 0.05) is 13.1 Å². The fraction of sp³-hybridized carbons (Fsp3) is 0.833. The third-order valence-electron chi connectivity index (χ3n) is 2.19. The topological polar surface area (TPSA) is 66.8 Å². The monoisotopic (exact) mass is 245 g/mol. The summed E-state index contributed by atoms with van der Waals surface area (Å²) in [5, 5.41) is 8.77. The van der Waals surface area contributed by atoms with Crippen molar-refractivity contribution in [2.24, 2.45) is 5.92 Å². The Balaban J connectivity index is 0.00000121. The summed E-state index contributed by atoms with van der Waals surface area (Å²) in [6, 6.07) is 0. The fourth-order valence-electron chi connectivity index (χ4n) is 1.45. The van der Waals surface area contributed by atoms with E-state index in [0.717, 1.165) is 0 Å². The summed E-state index contributed by atoms with van der Waals surface area (Å²) in [7, 11) is 0. The molecule has 17 heavy (non-hydrogen) atoms. The molecular weight excluding hydrogens is 222 g/mol. The van der Waals surface area contributed by atoms with Gasteiger partial charge in [-0.15, -0.1) is 0 Å². The van der Waals surface area contributed by atoms with Crippen LogP contribution >= 0.6 is 0 Å². The number of hydrogen-bond acceptors (Lipinski definition) is 3. The molecule has 1 rings (SSSR count). The second-order valence-corrected chi connectivity index (χ2v) is 4.75. The molecule has 1 heterocycles. The van der Waals surface area contributed by atoms with Crippen LogP contribution in [0.5, 0.6) is 0 Å². The Hall–Kier alpha value is -1.26. The molecule has 1 fully saturated rings. The zero-order valence-corrected chi connectivity index (χ0v) is 11.3. The van der Waals surface area contributed by atoms with Gasteiger partial charge >= 0.3 is 12.1 Å². The SMILES string of the molecule is CC.CC(C)(C)OC(=O)N1CCC(C(=O)O)C1. The van der Waals surface area contributed by atoms with Gasteiger partial charge in [0.2, 0.25) is 0 Å². The molecule has 1 N–H and O–H groups in total. The molecule has 0 bridgehead atoms. The van der Waals surface area contributed by atoms with E-state index in [-0.39, 0.29) is 6.54 Å². The predicted octanol–water partition coefficient (Wildman–Crippen LogP) is 2.35. The Labute approximate surface area is 103 Å². The molecule has 0 spiro atoms. The number of nitrogens with zero attached hydrogens (tertiary/aromatic N) is 1. The van der Waals surface area contributed by atoms with E-state index in [1.54, 1.807) is 20.8 Å². The van der Waals surface area contributed by atoms with Crippen molar-refractivity contribution in [1.29, 1.82) is 0 Å². The van der Waals surface area contributed by atoms with Crippen molar-refractivity contribution in [1.82, 2.24) is 4.90 Å². The van der Waals surface area contributed by atoms with Crippen LogP contribution in [-0.4, -0.2) is 40.8 Å². The summed E-state index contributed by atoms with van der Waals surface area (Å²) in [6.07, 6.45) is 0.0837. The number of ether oxygens (including phenoxy) is 1. The molecule has 0 aromatic rings. The number of carbonyl (C=O) groups is 2. The molecule has 1 unspecified atom stereocenters. The Morgan fingerprint density at radius 2 is 1.82 bits per heavy atom. The first-order valence-electron chi connectivity index (χ1n) is 6.00. The quantitative estimate of drug-likeness (QED) is 0.770. The van der Waals surface area contributed by atoms with Crippen LogP contribution in [0.2, 0.25) is 0 Å². The lowest BCUT2D eigenvalue weighted by atomic mass is 10.1. The van der Waals surface area contributed by atoms with Gasteiger partial charge in [-0.25, -0.2) is 4.79 Å². The van der Waals surface area contributed by atoms with Crippen molar-refractivity contribution in [3.05, 3.63) is 0 Å². The van der Waals surface area contributed by atoms with Gasteiger partial charge in [-0.05, 0) is 27.2 Å². The van der Waals surface area contributed by atoms with Crippen molar-refractivity contribution in [3.63, 3.8) is 0 Å². The minimum Gasteiger partial charge on any atom is -0.481 e. The molecule has 0 aromatic carbocycles. The molecule has 1 atom stereocenters. The highest BCUT2D eigenvalue weighted by atomic mass is 16.6. The smallest absolute Gasteiger partial charge is 0.410 e. The molecule has 5 nitrogen and oxygen atoms in total. The fourth-order valence-corrected chi connectivity index (χ4v) is 1.45. The molecular formula is C12H23NO4. The highest BCUT2D eigenvalue weighted by Gasteiger charge is 2.33. The predicted molar refractivity (Wildman–Crippen MR) is 64.9 cm³/mol. The summed E-state index contributed by atoms with van der Waals surface area (Å²) in [5.74, 6) is -1.29. The van der Waals surface area contributed by atoms with Gasteiger partial charge in [-0.1, -0.05) is 13.8 Å². The van der Waals surface area contributed by atoms with Crippen LogP contribution in [0, 0.1) is 5.92 Å². The summed E-state index contributed by atoms with van der Waals surface area (Å²) in [5.41, 5.74) is -0.529. The number of likely N-dealkylation sites (tertiary alicyclic amines) is 1. The van der Waals surface area contributed by atoms with Gasteiger partial charge in [-0.3, -0.25) is 4.79 Å². The van der Waals surface area contributed by atoms with E-state index in [1.807, 2.05) is 13.8 Å². The average molecular weight is 245 g/mol. The van der Waals surface area contributed by atoms with Crippen molar-refractivity contribution >= 4 is 12.1 Å². The number of rotatable bonds is 1. The summed E-state index contributed by atoms with van der Waals surface area (Å²) >= 11 is 0. The van der Waals surface area contributed by atoms with Gasteiger partial charge in [-0.2, -0.15) is 0 Å². The lowest BCUT2D eigenvalue weighted by Gasteiger charge is -2.24. The number of carboxylic acids is 1. The Morgan fingerprint density at radius 3 is 2.18 bits per heavy atom. The second-order valence-electron chi connectivity index (χ2n) is 4.75. The highest BCUT2D eigenvalue weighted by Crippen LogP contribution is 2.19. The van der Waals surface area contributed by atoms with Gasteiger partial charge in [0.1, 0.15) is 5.60 Å². The van der Waals surface area contributed by atoms with Gasteiger partial charge in [0.25, 0.3) is 0 Å². The minimum atomic E-state index is -0.846. The van der Waals surface area contributed by atoms with Crippen LogP contribution in [0.1, 0.15) is 41.0 Å². The lowest BCUT2D eigenvalue weighted by Crippen LogP contribution is -2.35. The maximum Gasteiger partial charge on any atom is 0.410 e. The third kappa shape index (κ3) is 5.56. The Morgan fingerprint density at radius 1 is 1.29 bits per heavy atom. The Bertz CT molecular complexity index is 270. The largest absolute Gasteiger partial charge is 0.481 e. The molecule has 1 aliphatic heterocycles. The summed E-state index contributed by atoms with van der Waals surface area (Å²) in [6.45, 7) is 10.1. The maximum atomic E-state index is 11.5. The van der Waals surface area contributed by atoms with Gasteiger partial charge in [0.15, 0.2) is 0 Å². The minimum absolute atomic E-state index is 0.254. The van der Waals surface area contributed by atoms with Crippen molar-refractivity contribution in [2.75, 3.05) is 13.1 Å². The van der Waals surface area contributed by atoms with E-state index in [1.165, 1.54) is 4.90 Å². The average Bonchev–Trinajstić information content (AvgIpc) is 2.67. The zero-order chi connectivity index (χ0) is 13.6. The number of hydrogen-bond donors (Lipinski definition) is 1. The van der Waals surface area contributed by atoms with E-state index in [0.29, 0.717) is 13.0 Å². The van der Waals surface area contributed by atoms with Gasteiger partial charge < -0.3 is 14.7 Å². The lowest BCUT2D eigenvalue weighted by molar-refractivity contribution is -0.141. The summed E-state index contributed by atoms with van der Waals surface area (Å²) in [4.78, 5) is 23.7. The van der Waals surface area contributed by atoms with Crippen molar-refractivity contribution in [3.8, 4) is 0 Å². The number of carboxylic acid groups (broad SMARTS) is 1. The van der Waals surface area contributed by atoms with Crippen molar-refractivity contribution in [2.45, 2.75) is 46.6 Å². The van der Waals surface area contributed by atoms with E-state index in [9.17, 15) is 9.59 Å². The first-order valence-corrected chi connectivity index (χ1v) is 6.00. The van der Waals surface area contributed by atoms with E-state index < -0.39 is 23.6 Å². The van der Waals surface area contributed by atoms with Gasteiger partial charge in [0.05, 0.1) is 5.92 Å². The molecule has 1 saturated heterocycles. The van der Waals surface area contributed by atoms with Crippen molar-refractivity contribution < 1.29 is 19.4 Å². The number of amides is 1. The summed E-state index contributed by atoms with van der Waals surface area (Å²) < 4.78 is 5.14. The molecule has 0 aliphatic carbocycles. The molecule has 1 aliphatic rings. The van der Waals surface area contributed by atoms with E-state index in [2.05, 4.69) is 0 Å². The maximum absolute atomic E-state index is 11.5. The second kappa shape index (κ2) is 6.47. The first-order chi connectivity index (χ1) is 7.79. The first kappa shape index (κ1) is 15.7. The molecule has 0 saturated carbocycles. The van der Waals surface area contributed by atoms with E-state index in [4.69, 9.17) is 9.84 Å². The molecule has 5 heteroatoms. The normalized spacial score (nSPS) is 19.4. The van der Waals surface area contributed by atoms with Crippen LogP contribution in [0.25, 0.3) is 0 Å². The third-order valence-corrected chi connectivity index (χ3v) is 2.19. The van der Waals surface area contributed by atoms with Crippen LogP contribution in [0.15, 0.2) is 0 Å². The van der Waals surface area contributed by atoms with Crippen LogP contribution < -0.4 is 0 Å². The van der Waals surface area contributed by atoms with Crippen LogP contribution in [0.3, 0.4) is 0 Å². The molecule has 0 radical (unpaired) electrons. The standard InChI is InChI=1S/C10H17NO4.C2H6/c1-10(2,3)15-9(14)11-5-4-7(6-11)8(12)13;1-2/h7H,4-6H2,1-3H3,(H,12,13);1-2H3.